The minimum atomic E-state index is 0.524. The summed E-state index contributed by atoms with van der Waals surface area (Å²) in [6, 6.07) is 0. The van der Waals surface area contributed by atoms with Crippen LogP contribution in [0.2, 0.25) is 0 Å². The molecule has 3 N–H and O–H groups in total. The Morgan fingerprint density at radius 1 is 1.57 bits per heavy atom. The Morgan fingerprint density at radius 2 is 2.29 bits per heavy atom. The molecule has 0 atom stereocenters. The van der Waals surface area contributed by atoms with Crippen molar-refractivity contribution < 1.29 is 0 Å². The van der Waals surface area contributed by atoms with Gasteiger partial charge in [0.1, 0.15) is 24.0 Å². The first-order valence-corrected chi connectivity index (χ1v) is 4.92. The number of fused-ring (bicyclic) bond motifs is 1. The number of anilines is 1. The molecule has 1 aromatic heterocycles. The largest absolute Gasteiger partial charge is 0.382 e. The van der Waals surface area contributed by atoms with E-state index in [2.05, 4.69) is 22.2 Å². The van der Waals surface area contributed by atoms with Gasteiger partial charge in [0.25, 0.3) is 0 Å². The number of aliphatic imine (C=N–C) groups is 1. The van der Waals surface area contributed by atoms with E-state index in [0.29, 0.717) is 12.5 Å². The second-order valence-electron chi connectivity index (χ2n) is 2.61. The molecule has 0 radical (unpaired) electrons. The van der Waals surface area contributed by atoms with Crippen molar-refractivity contribution in [2.45, 2.75) is 27.3 Å². The zero-order valence-electron chi connectivity index (χ0n) is 8.91. The van der Waals surface area contributed by atoms with Gasteiger partial charge in [0.2, 0.25) is 0 Å². The van der Waals surface area contributed by atoms with Crippen molar-refractivity contribution in [1.82, 2.24) is 9.55 Å². The quantitative estimate of drug-likeness (QED) is 0.703. The summed E-state index contributed by atoms with van der Waals surface area (Å²) in [6.45, 7) is 7.50. The first kappa shape index (κ1) is 10.6. The van der Waals surface area contributed by atoms with Crippen LogP contribution in [0.4, 0.5) is 5.82 Å². The number of aryl methyl sites for hydroxylation is 1. The molecule has 1 aliphatic heterocycles. The highest BCUT2D eigenvalue weighted by atomic mass is 15.2. The molecule has 0 unspecified atom stereocenters. The highest BCUT2D eigenvalue weighted by Gasteiger charge is 2.15. The third kappa shape index (κ3) is 1.71. The van der Waals surface area contributed by atoms with E-state index < -0.39 is 0 Å². The van der Waals surface area contributed by atoms with E-state index in [1.165, 1.54) is 0 Å². The number of aromatic nitrogens is 2. The topological polar surface area (TPSA) is 68.2 Å². The molecule has 0 amide bonds. The molecule has 5 nitrogen and oxygen atoms in total. The normalized spacial score (nSPS) is 13.2. The SMILES string of the molecule is CC.CCn1cnc2c1NCN=C2N. The Hall–Kier alpha value is -1.52. The van der Waals surface area contributed by atoms with Crippen LogP contribution in [0.1, 0.15) is 26.5 Å². The summed E-state index contributed by atoms with van der Waals surface area (Å²) in [6.07, 6.45) is 1.77. The van der Waals surface area contributed by atoms with Gasteiger partial charge in [-0.2, -0.15) is 0 Å². The van der Waals surface area contributed by atoms with Crippen LogP contribution in [0.5, 0.6) is 0 Å². The molecule has 1 aliphatic rings. The molecular formula is C9H17N5. The lowest BCUT2D eigenvalue weighted by atomic mass is 10.3. The molecule has 2 heterocycles. The van der Waals surface area contributed by atoms with Crippen LogP contribution in [0.25, 0.3) is 0 Å². The van der Waals surface area contributed by atoms with Crippen molar-refractivity contribution in [3.63, 3.8) is 0 Å². The Morgan fingerprint density at radius 3 is 2.93 bits per heavy atom. The third-order valence-corrected chi connectivity index (χ3v) is 1.92. The molecule has 0 aliphatic carbocycles. The van der Waals surface area contributed by atoms with Crippen molar-refractivity contribution in [2.24, 2.45) is 10.7 Å². The summed E-state index contributed by atoms with van der Waals surface area (Å²) in [5, 5.41) is 3.13. The minimum absolute atomic E-state index is 0.524. The highest BCUT2D eigenvalue weighted by Crippen LogP contribution is 2.16. The molecule has 1 aromatic rings. The van der Waals surface area contributed by atoms with Gasteiger partial charge in [-0.15, -0.1) is 0 Å². The number of rotatable bonds is 1. The van der Waals surface area contributed by atoms with Crippen molar-refractivity contribution in [3.05, 3.63) is 12.0 Å². The van der Waals surface area contributed by atoms with Crippen molar-refractivity contribution >= 4 is 11.7 Å². The first-order chi connectivity index (χ1) is 6.83. The van der Waals surface area contributed by atoms with Crippen LogP contribution < -0.4 is 11.1 Å². The lowest BCUT2D eigenvalue weighted by Crippen LogP contribution is -2.23. The fraction of sp³-hybridized carbons (Fsp3) is 0.556. The van der Waals surface area contributed by atoms with Crippen molar-refractivity contribution in [1.29, 1.82) is 0 Å². The maximum Gasteiger partial charge on any atom is 0.150 e. The average Bonchev–Trinajstić information content (AvgIpc) is 2.65. The second kappa shape index (κ2) is 4.64. The van der Waals surface area contributed by atoms with E-state index in [-0.39, 0.29) is 0 Å². The third-order valence-electron chi connectivity index (χ3n) is 1.92. The van der Waals surface area contributed by atoms with Crippen LogP contribution in [-0.4, -0.2) is 22.1 Å². The molecule has 14 heavy (non-hydrogen) atoms. The standard InChI is InChI=1S/C7H11N5.C2H6/c1-2-12-4-11-5-6(8)9-3-10-7(5)12;1-2/h4,10H,2-3H2,1H3,(H2,8,9);1-2H3. The Kier molecular flexibility index (Phi) is 3.50. The molecule has 0 saturated carbocycles. The zero-order chi connectivity index (χ0) is 10.6. The number of nitrogens with two attached hydrogens (primary N) is 1. The monoisotopic (exact) mass is 195 g/mol. The fourth-order valence-corrected chi connectivity index (χ4v) is 1.27. The van der Waals surface area contributed by atoms with Gasteiger partial charge in [0.15, 0.2) is 0 Å². The number of hydrogen-bond donors (Lipinski definition) is 2. The lowest BCUT2D eigenvalue weighted by molar-refractivity contribution is 0.762. The predicted octanol–water partition coefficient (Wildman–Crippen LogP) is 1.02. The number of imidazole rings is 1. The van der Waals surface area contributed by atoms with E-state index in [1.54, 1.807) is 6.33 Å². The molecule has 0 bridgehead atoms. The predicted molar refractivity (Wildman–Crippen MR) is 58.5 cm³/mol. The summed E-state index contributed by atoms with van der Waals surface area (Å²) < 4.78 is 2.01. The van der Waals surface area contributed by atoms with Crippen LogP contribution in [0.3, 0.4) is 0 Å². The number of hydrogen-bond acceptors (Lipinski definition) is 4. The minimum Gasteiger partial charge on any atom is -0.382 e. The molecule has 0 fully saturated rings. The molecule has 0 saturated heterocycles. The molecule has 0 aromatic carbocycles. The summed E-state index contributed by atoms with van der Waals surface area (Å²) >= 11 is 0. The average molecular weight is 195 g/mol. The summed E-state index contributed by atoms with van der Waals surface area (Å²) in [7, 11) is 0. The van der Waals surface area contributed by atoms with E-state index in [1.807, 2.05) is 18.4 Å². The van der Waals surface area contributed by atoms with Gasteiger partial charge in [-0.3, -0.25) is 0 Å². The van der Waals surface area contributed by atoms with E-state index in [0.717, 1.165) is 18.1 Å². The van der Waals surface area contributed by atoms with Crippen LogP contribution in [-0.2, 0) is 6.54 Å². The Bertz CT molecular complexity index is 326. The van der Waals surface area contributed by atoms with Gasteiger partial charge in [-0.25, -0.2) is 9.98 Å². The van der Waals surface area contributed by atoms with E-state index in [9.17, 15) is 0 Å². The van der Waals surface area contributed by atoms with E-state index >= 15 is 0 Å². The van der Waals surface area contributed by atoms with E-state index in [4.69, 9.17) is 5.73 Å². The molecule has 5 heteroatoms. The Labute approximate surface area is 84.0 Å². The van der Waals surface area contributed by atoms with Crippen LogP contribution >= 0.6 is 0 Å². The number of amidine groups is 1. The molecular weight excluding hydrogens is 178 g/mol. The maximum atomic E-state index is 5.65. The van der Waals surface area contributed by atoms with Crippen LogP contribution in [0.15, 0.2) is 11.3 Å². The number of nitrogens with zero attached hydrogens (tertiary/aromatic N) is 3. The first-order valence-electron chi connectivity index (χ1n) is 4.92. The van der Waals surface area contributed by atoms with Crippen LogP contribution in [0, 0.1) is 0 Å². The lowest BCUT2D eigenvalue weighted by Gasteiger charge is -2.12. The van der Waals surface area contributed by atoms with Gasteiger partial charge in [-0.1, -0.05) is 13.8 Å². The van der Waals surface area contributed by atoms with Gasteiger partial charge < -0.3 is 15.6 Å². The molecule has 2 rings (SSSR count). The summed E-state index contributed by atoms with van der Waals surface area (Å²) in [4.78, 5) is 8.18. The second-order valence-corrected chi connectivity index (χ2v) is 2.61. The maximum absolute atomic E-state index is 5.65. The van der Waals surface area contributed by atoms with Crippen molar-refractivity contribution in [2.75, 3.05) is 12.0 Å². The molecule has 0 spiro atoms. The fourth-order valence-electron chi connectivity index (χ4n) is 1.27. The Balaban J connectivity index is 0.000000461. The summed E-state index contributed by atoms with van der Waals surface area (Å²) in [5.41, 5.74) is 6.42. The number of nitrogens with one attached hydrogen (secondary N) is 1. The van der Waals surface area contributed by atoms with Gasteiger partial charge >= 0.3 is 0 Å². The van der Waals surface area contributed by atoms with Gasteiger partial charge in [0, 0.05) is 6.54 Å². The van der Waals surface area contributed by atoms with Gasteiger partial charge in [-0.05, 0) is 6.92 Å². The zero-order valence-corrected chi connectivity index (χ0v) is 8.91. The summed E-state index contributed by atoms with van der Waals surface area (Å²) in [5.74, 6) is 1.50. The van der Waals surface area contributed by atoms with Gasteiger partial charge in [0.05, 0.1) is 6.33 Å². The van der Waals surface area contributed by atoms with Crippen molar-refractivity contribution in [3.8, 4) is 0 Å². The molecule has 78 valence electrons. The highest BCUT2D eigenvalue weighted by molar-refractivity contribution is 6.01. The smallest absolute Gasteiger partial charge is 0.150 e.